The molecule has 1 unspecified atom stereocenters. The Morgan fingerprint density at radius 1 is 1.23 bits per heavy atom. The number of thioether (sulfide) groups is 1. The summed E-state index contributed by atoms with van der Waals surface area (Å²) in [6, 6.07) is 8.25. The minimum Gasteiger partial charge on any atom is -0.481 e. The molecule has 22 heavy (non-hydrogen) atoms. The SMILES string of the molecule is CC(CNC(=O)CSc1ccc(C(C)(C)C)cc1)CC(=O)O. The highest BCUT2D eigenvalue weighted by Crippen LogP contribution is 2.25. The van der Waals surface area contributed by atoms with Gasteiger partial charge in [0.25, 0.3) is 0 Å². The molecule has 1 aromatic carbocycles. The van der Waals surface area contributed by atoms with Gasteiger partial charge in [-0.05, 0) is 29.0 Å². The zero-order valence-corrected chi connectivity index (χ0v) is 14.5. The van der Waals surface area contributed by atoms with Crippen molar-refractivity contribution in [2.75, 3.05) is 12.3 Å². The minimum atomic E-state index is -0.838. The highest BCUT2D eigenvalue weighted by atomic mass is 32.2. The standard InChI is InChI=1S/C17H25NO3S/c1-12(9-16(20)21)10-18-15(19)11-22-14-7-5-13(6-8-14)17(2,3)4/h5-8,12H,9-11H2,1-4H3,(H,18,19)(H,20,21). The Bertz CT molecular complexity index is 506. The van der Waals surface area contributed by atoms with Crippen LogP contribution in [0.15, 0.2) is 29.2 Å². The van der Waals surface area contributed by atoms with Crippen LogP contribution in [0.1, 0.15) is 39.7 Å². The number of carboxylic acids is 1. The molecule has 0 spiro atoms. The molecule has 0 radical (unpaired) electrons. The van der Waals surface area contributed by atoms with Gasteiger partial charge in [-0.15, -0.1) is 11.8 Å². The zero-order chi connectivity index (χ0) is 16.8. The summed E-state index contributed by atoms with van der Waals surface area (Å²) in [7, 11) is 0. The fraction of sp³-hybridized carbons (Fsp3) is 0.529. The number of nitrogens with one attached hydrogen (secondary N) is 1. The molecule has 2 N–H and O–H groups in total. The number of hydrogen-bond acceptors (Lipinski definition) is 3. The van der Waals surface area contributed by atoms with Crippen molar-refractivity contribution < 1.29 is 14.7 Å². The van der Waals surface area contributed by atoms with E-state index >= 15 is 0 Å². The number of carbonyl (C=O) groups is 2. The molecule has 0 heterocycles. The van der Waals surface area contributed by atoms with Gasteiger partial charge in [-0.2, -0.15) is 0 Å². The molecule has 0 aromatic heterocycles. The van der Waals surface area contributed by atoms with E-state index in [1.807, 2.05) is 19.1 Å². The van der Waals surface area contributed by atoms with E-state index in [9.17, 15) is 9.59 Å². The van der Waals surface area contributed by atoms with E-state index in [1.54, 1.807) is 0 Å². The summed E-state index contributed by atoms with van der Waals surface area (Å²) in [5.41, 5.74) is 1.39. The second kappa shape index (κ2) is 8.22. The van der Waals surface area contributed by atoms with Crippen LogP contribution in [0.25, 0.3) is 0 Å². The molecule has 0 saturated heterocycles. The number of rotatable bonds is 7. The monoisotopic (exact) mass is 323 g/mol. The molecular weight excluding hydrogens is 298 g/mol. The van der Waals surface area contributed by atoms with Crippen molar-refractivity contribution in [2.24, 2.45) is 5.92 Å². The molecule has 0 aliphatic carbocycles. The Hall–Kier alpha value is -1.49. The van der Waals surface area contributed by atoms with Gasteiger partial charge in [-0.25, -0.2) is 0 Å². The quantitative estimate of drug-likeness (QED) is 0.756. The Morgan fingerprint density at radius 3 is 2.32 bits per heavy atom. The third-order valence-corrected chi connectivity index (χ3v) is 4.27. The van der Waals surface area contributed by atoms with Gasteiger partial charge in [0.2, 0.25) is 5.91 Å². The van der Waals surface area contributed by atoms with Gasteiger partial charge < -0.3 is 10.4 Å². The van der Waals surface area contributed by atoms with Crippen molar-refractivity contribution in [2.45, 2.75) is 44.4 Å². The first-order valence-corrected chi connectivity index (χ1v) is 8.39. The number of benzene rings is 1. The van der Waals surface area contributed by atoms with Crippen molar-refractivity contribution in [3.8, 4) is 0 Å². The Morgan fingerprint density at radius 2 is 1.82 bits per heavy atom. The van der Waals surface area contributed by atoms with Gasteiger partial charge in [0, 0.05) is 17.9 Å². The molecule has 0 bridgehead atoms. The summed E-state index contributed by atoms with van der Waals surface area (Å²) in [5, 5.41) is 11.4. The predicted molar refractivity (Wildman–Crippen MR) is 90.3 cm³/mol. The molecule has 1 rings (SSSR count). The number of amides is 1. The zero-order valence-electron chi connectivity index (χ0n) is 13.7. The Balaban J connectivity index is 2.36. The van der Waals surface area contributed by atoms with Crippen molar-refractivity contribution in [3.63, 3.8) is 0 Å². The predicted octanol–water partition coefficient (Wildman–Crippen LogP) is 3.30. The molecule has 1 aromatic rings. The Kier molecular flexibility index (Phi) is 6.94. The first-order valence-electron chi connectivity index (χ1n) is 7.40. The molecule has 1 atom stereocenters. The molecule has 0 fully saturated rings. The van der Waals surface area contributed by atoms with Crippen LogP contribution in [-0.4, -0.2) is 29.3 Å². The van der Waals surface area contributed by atoms with Crippen LogP contribution in [0.5, 0.6) is 0 Å². The number of aliphatic carboxylic acids is 1. The second-order valence-corrected chi connectivity index (χ2v) is 7.62. The van der Waals surface area contributed by atoms with Gasteiger partial charge >= 0.3 is 5.97 Å². The van der Waals surface area contributed by atoms with Crippen LogP contribution in [0.4, 0.5) is 0 Å². The van der Waals surface area contributed by atoms with E-state index in [0.717, 1.165) is 4.90 Å². The highest BCUT2D eigenvalue weighted by molar-refractivity contribution is 8.00. The maximum atomic E-state index is 11.8. The second-order valence-electron chi connectivity index (χ2n) is 6.57. The van der Waals surface area contributed by atoms with Crippen LogP contribution in [0.2, 0.25) is 0 Å². The lowest BCUT2D eigenvalue weighted by Gasteiger charge is -2.19. The molecule has 122 valence electrons. The summed E-state index contributed by atoms with van der Waals surface area (Å²) in [5.74, 6) is -0.621. The van der Waals surface area contributed by atoms with E-state index in [0.29, 0.717) is 12.3 Å². The fourth-order valence-corrected chi connectivity index (χ4v) is 2.64. The number of carbonyl (C=O) groups excluding carboxylic acids is 1. The van der Waals surface area contributed by atoms with E-state index in [1.165, 1.54) is 17.3 Å². The molecule has 0 aliphatic rings. The first kappa shape index (κ1) is 18.6. The lowest BCUT2D eigenvalue weighted by atomic mass is 9.87. The average Bonchev–Trinajstić information content (AvgIpc) is 2.41. The van der Waals surface area contributed by atoms with Crippen LogP contribution < -0.4 is 5.32 Å². The third kappa shape index (κ3) is 6.98. The molecule has 5 heteroatoms. The molecule has 0 saturated carbocycles. The van der Waals surface area contributed by atoms with E-state index in [4.69, 9.17) is 5.11 Å². The third-order valence-electron chi connectivity index (χ3n) is 3.26. The average molecular weight is 323 g/mol. The summed E-state index contributed by atoms with van der Waals surface area (Å²) >= 11 is 1.49. The van der Waals surface area contributed by atoms with Gasteiger partial charge in [0.1, 0.15) is 0 Å². The van der Waals surface area contributed by atoms with Gasteiger partial charge in [-0.3, -0.25) is 9.59 Å². The smallest absolute Gasteiger partial charge is 0.303 e. The van der Waals surface area contributed by atoms with Crippen molar-refractivity contribution in [1.82, 2.24) is 5.32 Å². The number of hydrogen-bond donors (Lipinski definition) is 2. The molecule has 1 amide bonds. The Labute approximate surface area is 136 Å². The molecular formula is C17H25NO3S. The highest BCUT2D eigenvalue weighted by Gasteiger charge is 2.13. The molecule has 4 nitrogen and oxygen atoms in total. The summed E-state index contributed by atoms with van der Waals surface area (Å²) < 4.78 is 0. The maximum Gasteiger partial charge on any atom is 0.303 e. The van der Waals surface area contributed by atoms with Crippen LogP contribution >= 0.6 is 11.8 Å². The van der Waals surface area contributed by atoms with Gasteiger partial charge in [0.05, 0.1) is 5.75 Å². The van der Waals surface area contributed by atoms with E-state index in [-0.39, 0.29) is 23.7 Å². The van der Waals surface area contributed by atoms with Crippen LogP contribution in [-0.2, 0) is 15.0 Å². The van der Waals surface area contributed by atoms with Crippen molar-refractivity contribution >= 4 is 23.6 Å². The largest absolute Gasteiger partial charge is 0.481 e. The number of carboxylic acid groups (broad SMARTS) is 1. The topological polar surface area (TPSA) is 66.4 Å². The van der Waals surface area contributed by atoms with E-state index in [2.05, 4.69) is 38.2 Å². The lowest BCUT2D eigenvalue weighted by molar-refractivity contribution is -0.138. The van der Waals surface area contributed by atoms with Gasteiger partial charge in [-0.1, -0.05) is 39.8 Å². The van der Waals surface area contributed by atoms with Crippen molar-refractivity contribution in [1.29, 1.82) is 0 Å². The maximum absolute atomic E-state index is 11.8. The lowest BCUT2D eigenvalue weighted by Crippen LogP contribution is -2.30. The van der Waals surface area contributed by atoms with Gasteiger partial charge in [0.15, 0.2) is 0 Å². The van der Waals surface area contributed by atoms with Crippen molar-refractivity contribution in [3.05, 3.63) is 29.8 Å². The first-order chi connectivity index (χ1) is 10.2. The summed E-state index contributed by atoms with van der Waals surface area (Å²) in [4.78, 5) is 23.4. The summed E-state index contributed by atoms with van der Waals surface area (Å²) in [6.45, 7) is 8.71. The fourth-order valence-electron chi connectivity index (χ4n) is 1.91. The van der Waals surface area contributed by atoms with E-state index < -0.39 is 5.97 Å². The van der Waals surface area contributed by atoms with Crippen LogP contribution in [0, 0.1) is 5.92 Å². The van der Waals surface area contributed by atoms with Crippen LogP contribution in [0.3, 0.4) is 0 Å². The summed E-state index contributed by atoms with van der Waals surface area (Å²) in [6.07, 6.45) is 0.0711. The minimum absolute atomic E-state index is 0.0579. The molecule has 0 aliphatic heterocycles. The normalized spacial score (nSPS) is 12.7.